The minimum absolute atomic E-state index is 0.275. The summed E-state index contributed by atoms with van der Waals surface area (Å²) in [4.78, 5) is 15.5. The molecular formula is C15H12FNO2. The summed E-state index contributed by atoms with van der Waals surface area (Å²) in [6.07, 6.45) is 5.08. The molecule has 0 spiro atoms. The maximum atomic E-state index is 12.7. The Morgan fingerprint density at radius 2 is 1.95 bits per heavy atom. The molecule has 1 heterocycles. The Kier molecular flexibility index (Phi) is 4.03. The van der Waals surface area contributed by atoms with Crippen molar-refractivity contribution in [3.05, 3.63) is 65.2 Å². The number of esters is 1. The second kappa shape index (κ2) is 5.91. The molecule has 3 nitrogen and oxygen atoms in total. The van der Waals surface area contributed by atoms with Crippen LogP contribution in [-0.2, 0) is 4.74 Å². The van der Waals surface area contributed by atoms with Crippen LogP contribution < -0.4 is 0 Å². The number of nitrogens with zero attached hydrogens (tertiary/aromatic N) is 1. The molecule has 0 aliphatic heterocycles. The van der Waals surface area contributed by atoms with Gasteiger partial charge in [0.15, 0.2) is 0 Å². The van der Waals surface area contributed by atoms with Crippen LogP contribution in [0.5, 0.6) is 0 Å². The zero-order chi connectivity index (χ0) is 13.7. The predicted molar refractivity (Wildman–Crippen MR) is 70.9 cm³/mol. The van der Waals surface area contributed by atoms with Crippen LogP contribution in [0.3, 0.4) is 0 Å². The standard InChI is InChI=1S/C15H12FNO2/c1-19-15(18)12-8-9-17-14(10-12)7-4-11-2-5-13(16)6-3-11/h2-10H,1H3. The summed E-state index contributed by atoms with van der Waals surface area (Å²) in [6, 6.07) is 9.31. The maximum absolute atomic E-state index is 12.7. The fourth-order valence-electron chi connectivity index (χ4n) is 1.54. The number of ether oxygens (including phenoxy) is 1. The van der Waals surface area contributed by atoms with Crippen LogP contribution in [0.1, 0.15) is 21.6 Å². The van der Waals surface area contributed by atoms with Crippen LogP contribution in [-0.4, -0.2) is 18.1 Å². The summed E-state index contributed by atoms with van der Waals surface area (Å²) in [5, 5.41) is 0. The fourth-order valence-corrected chi connectivity index (χ4v) is 1.54. The molecule has 2 aromatic rings. The number of carbonyl (C=O) groups is 1. The Morgan fingerprint density at radius 1 is 1.21 bits per heavy atom. The molecule has 0 amide bonds. The molecule has 0 saturated heterocycles. The van der Waals surface area contributed by atoms with Crippen LogP contribution in [0.4, 0.5) is 4.39 Å². The largest absolute Gasteiger partial charge is 0.465 e. The Bertz CT molecular complexity index is 606. The highest BCUT2D eigenvalue weighted by Crippen LogP contribution is 2.09. The number of aromatic nitrogens is 1. The summed E-state index contributed by atoms with van der Waals surface area (Å²) < 4.78 is 17.4. The molecule has 0 radical (unpaired) electrons. The second-order valence-corrected chi connectivity index (χ2v) is 3.85. The van der Waals surface area contributed by atoms with Gasteiger partial charge < -0.3 is 4.74 Å². The maximum Gasteiger partial charge on any atom is 0.337 e. The predicted octanol–water partition coefficient (Wildman–Crippen LogP) is 3.18. The Labute approximate surface area is 110 Å². The van der Waals surface area contributed by atoms with Crippen LogP contribution in [0.2, 0.25) is 0 Å². The van der Waals surface area contributed by atoms with E-state index < -0.39 is 5.97 Å². The number of halogens is 1. The normalized spacial score (nSPS) is 10.6. The molecule has 1 aromatic heterocycles. The molecule has 4 heteroatoms. The molecule has 19 heavy (non-hydrogen) atoms. The number of hydrogen-bond acceptors (Lipinski definition) is 3. The quantitative estimate of drug-likeness (QED) is 0.793. The third kappa shape index (κ3) is 3.48. The van der Waals surface area contributed by atoms with Crippen LogP contribution in [0, 0.1) is 5.82 Å². The van der Waals surface area contributed by atoms with E-state index in [-0.39, 0.29) is 5.82 Å². The molecule has 0 bridgehead atoms. The van der Waals surface area contributed by atoms with E-state index in [1.165, 1.54) is 25.4 Å². The van der Waals surface area contributed by atoms with Gasteiger partial charge in [-0.2, -0.15) is 0 Å². The monoisotopic (exact) mass is 257 g/mol. The average Bonchev–Trinajstić information content (AvgIpc) is 2.46. The second-order valence-electron chi connectivity index (χ2n) is 3.85. The minimum atomic E-state index is -0.404. The van der Waals surface area contributed by atoms with Gasteiger partial charge in [0.1, 0.15) is 5.82 Å². The SMILES string of the molecule is COC(=O)c1ccnc(C=Cc2ccc(F)cc2)c1. The van der Waals surface area contributed by atoms with E-state index in [0.29, 0.717) is 11.3 Å². The molecule has 0 saturated carbocycles. The minimum Gasteiger partial charge on any atom is -0.465 e. The first-order valence-electron chi connectivity index (χ1n) is 5.67. The number of methoxy groups -OCH3 is 1. The van der Waals surface area contributed by atoms with Crippen LogP contribution in [0.25, 0.3) is 12.2 Å². The van der Waals surface area contributed by atoms with Crippen molar-refractivity contribution in [3.63, 3.8) is 0 Å². The van der Waals surface area contributed by atoms with Gasteiger partial charge in [0.25, 0.3) is 0 Å². The summed E-state index contributed by atoms with van der Waals surface area (Å²) in [5.74, 6) is -0.679. The summed E-state index contributed by atoms with van der Waals surface area (Å²) in [6.45, 7) is 0. The molecule has 0 N–H and O–H groups in total. The van der Waals surface area contributed by atoms with Crippen molar-refractivity contribution in [2.24, 2.45) is 0 Å². The number of rotatable bonds is 3. The van der Waals surface area contributed by atoms with E-state index in [1.54, 1.807) is 36.4 Å². The van der Waals surface area contributed by atoms with Gasteiger partial charge in [0.2, 0.25) is 0 Å². The smallest absolute Gasteiger partial charge is 0.337 e. The Hall–Kier alpha value is -2.49. The summed E-state index contributed by atoms with van der Waals surface area (Å²) in [7, 11) is 1.33. The summed E-state index contributed by atoms with van der Waals surface area (Å²) in [5.41, 5.74) is 1.93. The van der Waals surface area contributed by atoms with Crippen molar-refractivity contribution >= 4 is 18.1 Å². The first-order valence-corrected chi connectivity index (χ1v) is 5.67. The van der Waals surface area contributed by atoms with Gasteiger partial charge in [-0.1, -0.05) is 18.2 Å². The molecule has 2 rings (SSSR count). The lowest BCUT2D eigenvalue weighted by Crippen LogP contribution is -2.01. The lowest BCUT2D eigenvalue weighted by atomic mass is 10.1. The highest BCUT2D eigenvalue weighted by atomic mass is 19.1. The molecule has 0 atom stereocenters. The average molecular weight is 257 g/mol. The third-order valence-electron chi connectivity index (χ3n) is 2.52. The topological polar surface area (TPSA) is 39.2 Å². The van der Waals surface area contributed by atoms with Gasteiger partial charge in [0, 0.05) is 6.20 Å². The highest BCUT2D eigenvalue weighted by Gasteiger charge is 2.04. The molecule has 96 valence electrons. The van der Waals surface area contributed by atoms with Crippen molar-refractivity contribution in [2.45, 2.75) is 0 Å². The molecule has 0 unspecified atom stereocenters. The van der Waals surface area contributed by atoms with Crippen molar-refractivity contribution < 1.29 is 13.9 Å². The van der Waals surface area contributed by atoms with E-state index in [1.807, 2.05) is 0 Å². The van der Waals surface area contributed by atoms with Crippen molar-refractivity contribution in [2.75, 3.05) is 7.11 Å². The van der Waals surface area contributed by atoms with Gasteiger partial charge >= 0.3 is 5.97 Å². The van der Waals surface area contributed by atoms with Gasteiger partial charge in [-0.3, -0.25) is 4.98 Å². The highest BCUT2D eigenvalue weighted by molar-refractivity contribution is 5.89. The Morgan fingerprint density at radius 3 is 2.63 bits per heavy atom. The molecular weight excluding hydrogens is 245 g/mol. The summed E-state index contributed by atoms with van der Waals surface area (Å²) >= 11 is 0. The number of pyridine rings is 1. The zero-order valence-corrected chi connectivity index (χ0v) is 10.3. The third-order valence-corrected chi connectivity index (χ3v) is 2.52. The number of benzene rings is 1. The molecule has 0 fully saturated rings. The lowest BCUT2D eigenvalue weighted by molar-refractivity contribution is 0.0600. The molecule has 1 aromatic carbocycles. The zero-order valence-electron chi connectivity index (χ0n) is 10.3. The van der Waals surface area contributed by atoms with E-state index in [4.69, 9.17) is 0 Å². The first-order chi connectivity index (χ1) is 9.19. The van der Waals surface area contributed by atoms with Gasteiger partial charge in [-0.15, -0.1) is 0 Å². The first kappa shape index (κ1) is 13.0. The van der Waals surface area contributed by atoms with Gasteiger partial charge in [-0.05, 0) is 35.9 Å². The van der Waals surface area contributed by atoms with E-state index in [9.17, 15) is 9.18 Å². The van der Waals surface area contributed by atoms with Gasteiger partial charge in [-0.25, -0.2) is 9.18 Å². The molecule has 0 aliphatic rings. The van der Waals surface area contributed by atoms with Crippen molar-refractivity contribution in [1.82, 2.24) is 4.98 Å². The lowest BCUT2D eigenvalue weighted by Gasteiger charge is -1.99. The van der Waals surface area contributed by atoms with E-state index in [2.05, 4.69) is 9.72 Å². The van der Waals surface area contributed by atoms with Crippen LogP contribution >= 0.6 is 0 Å². The number of carbonyl (C=O) groups excluding carboxylic acids is 1. The Balaban J connectivity index is 2.19. The van der Waals surface area contributed by atoms with Gasteiger partial charge in [0.05, 0.1) is 18.4 Å². The van der Waals surface area contributed by atoms with Crippen molar-refractivity contribution in [3.8, 4) is 0 Å². The van der Waals surface area contributed by atoms with E-state index >= 15 is 0 Å². The van der Waals surface area contributed by atoms with E-state index in [0.717, 1.165) is 5.56 Å². The fraction of sp³-hybridized carbons (Fsp3) is 0.0667. The number of hydrogen-bond donors (Lipinski definition) is 0. The molecule has 0 aliphatic carbocycles. The van der Waals surface area contributed by atoms with Crippen LogP contribution in [0.15, 0.2) is 42.6 Å². The van der Waals surface area contributed by atoms with Crippen molar-refractivity contribution in [1.29, 1.82) is 0 Å².